The molecule has 0 saturated heterocycles. The van der Waals surface area contributed by atoms with E-state index in [1.54, 1.807) is 29.2 Å². The fraction of sp³-hybridized carbons (Fsp3) is 0.438. The van der Waals surface area contributed by atoms with Gasteiger partial charge in [0.25, 0.3) is 0 Å². The van der Waals surface area contributed by atoms with Gasteiger partial charge in [0.1, 0.15) is 0 Å². The van der Waals surface area contributed by atoms with Crippen molar-refractivity contribution in [3.05, 3.63) is 24.3 Å². The largest absolute Gasteiger partial charge is 0.340 e. The van der Waals surface area contributed by atoms with E-state index in [0.29, 0.717) is 17.9 Å². The van der Waals surface area contributed by atoms with Crippen LogP contribution in [0.1, 0.15) is 34.1 Å². The molecule has 1 aromatic carbocycles. The molecule has 6 nitrogen and oxygen atoms in total. The zero-order chi connectivity index (χ0) is 16.7. The number of rotatable bonds is 6. The highest BCUT2D eigenvalue weighted by Crippen LogP contribution is 2.14. The second kappa shape index (κ2) is 8.17. The Morgan fingerprint density at radius 3 is 1.91 bits per heavy atom. The molecule has 0 aliphatic rings. The number of hydrogen-bond acceptors (Lipinski definition) is 3. The quantitative estimate of drug-likeness (QED) is 0.846. The van der Waals surface area contributed by atoms with Crippen molar-refractivity contribution in [1.82, 2.24) is 4.90 Å². The third-order valence-corrected chi connectivity index (χ3v) is 3.10. The lowest BCUT2D eigenvalue weighted by Crippen LogP contribution is -2.37. The molecular formula is C16H23N3O3. The lowest BCUT2D eigenvalue weighted by Gasteiger charge is -2.24. The van der Waals surface area contributed by atoms with Gasteiger partial charge in [0.2, 0.25) is 17.7 Å². The summed E-state index contributed by atoms with van der Waals surface area (Å²) in [6.07, 6.45) is 0.241. The molecule has 6 heteroatoms. The van der Waals surface area contributed by atoms with Gasteiger partial charge < -0.3 is 15.5 Å². The third kappa shape index (κ3) is 5.95. The summed E-state index contributed by atoms with van der Waals surface area (Å²) in [5, 5.41) is 5.42. The molecule has 0 bridgehead atoms. The van der Waals surface area contributed by atoms with Crippen molar-refractivity contribution in [2.24, 2.45) is 0 Å². The van der Waals surface area contributed by atoms with Gasteiger partial charge in [-0.3, -0.25) is 14.4 Å². The van der Waals surface area contributed by atoms with Crippen LogP contribution in [-0.2, 0) is 14.4 Å². The molecule has 0 radical (unpaired) electrons. The van der Waals surface area contributed by atoms with E-state index < -0.39 is 0 Å². The Balaban J connectivity index is 2.51. The Morgan fingerprint density at radius 2 is 1.50 bits per heavy atom. The highest BCUT2D eigenvalue weighted by Gasteiger charge is 2.14. The van der Waals surface area contributed by atoms with Gasteiger partial charge in [0.05, 0.1) is 0 Å². The van der Waals surface area contributed by atoms with Crippen molar-refractivity contribution in [1.29, 1.82) is 0 Å². The van der Waals surface area contributed by atoms with Crippen LogP contribution in [0, 0.1) is 0 Å². The molecule has 1 aromatic rings. The molecule has 0 heterocycles. The second-order valence-electron chi connectivity index (χ2n) is 5.36. The van der Waals surface area contributed by atoms with Crippen LogP contribution < -0.4 is 10.6 Å². The molecule has 0 atom stereocenters. The molecular weight excluding hydrogens is 282 g/mol. The molecule has 22 heavy (non-hydrogen) atoms. The Bertz CT molecular complexity index is 538. The zero-order valence-electron chi connectivity index (χ0n) is 13.5. The molecule has 0 fully saturated rings. The zero-order valence-corrected chi connectivity index (χ0v) is 13.5. The van der Waals surface area contributed by atoms with Crippen LogP contribution in [0.4, 0.5) is 11.4 Å². The minimum Gasteiger partial charge on any atom is -0.340 e. The Hall–Kier alpha value is -2.37. The van der Waals surface area contributed by atoms with Crippen molar-refractivity contribution in [2.75, 3.05) is 17.2 Å². The SMILES string of the molecule is CC(=O)Nc1ccc(NC(=O)CCN(C(C)=O)C(C)C)cc1. The predicted octanol–water partition coefficient (Wildman–Crippen LogP) is 2.23. The molecule has 0 aliphatic carbocycles. The minimum atomic E-state index is -0.154. The number of benzene rings is 1. The normalized spacial score (nSPS) is 10.2. The van der Waals surface area contributed by atoms with E-state index >= 15 is 0 Å². The van der Waals surface area contributed by atoms with Crippen molar-refractivity contribution in [2.45, 2.75) is 40.2 Å². The molecule has 1 rings (SSSR count). The molecule has 0 aromatic heterocycles. The summed E-state index contributed by atoms with van der Waals surface area (Å²) in [5.41, 5.74) is 1.33. The topological polar surface area (TPSA) is 78.5 Å². The lowest BCUT2D eigenvalue weighted by atomic mass is 10.2. The van der Waals surface area contributed by atoms with Crippen LogP contribution in [0.5, 0.6) is 0 Å². The van der Waals surface area contributed by atoms with Crippen LogP contribution in [0.3, 0.4) is 0 Å². The van der Waals surface area contributed by atoms with Crippen LogP contribution in [-0.4, -0.2) is 35.2 Å². The second-order valence-corrected chi connectivity index (χ2v) is 5.36. The van der Waals surface area contributed by atoms with Gasteiger partial charge in [0, 0.05) is 44.2 Å². The maximum Gasteiger partial charge on any atom is 0.226 e. The van der Waals surface area contributed by atoms with E-state index in [2.05, 4.69) is 10.6 Å². The number of amides is 3. The smallest absolute Gasteiger partial charge is 0.226 e. The number of nitrogens with one attached hydrogen (secondary N) is 2. The maximum atomic E-state index is 11.9. The Morgan fingerprint density at radius 1 is 1.00 bits per heavy atom. The number of hydrogen-bond donors (Lipinski definition) is 2. The molecule has 0 aliphatic heterocycles. The van der Waals surface area contributed by atoms with Gasteiger partial charge >= 0.3 is 0 Å². The van der Waals surface area contributed by atoms with Gasteiger partial charge in [0.15, 0.2) is 0 Å². The van der Waals surface area contributed by atoms with E-state index in [1.165, 1.54) is 13.8 Å². The first kappa shape index (κ1) is 17.7. The molecule has 0 spiro atoms. The Labute approximate surface area is 130 Å². The van der Waals surface area contributed by atoms with E-state index in [-0.39, 0.29) is 30.2 Å². The van der Waals surface area contributed by atoms with Gasteiger partial charge in [-0.2, -0.15) is 0 Å². The molecule has 3 amide bonds. The van der Waals surface area contributed by atoms with Crippen LogP contribution in [0.25, 0.3) is 0 Å². The standard InChI is InChI=1S/C16H23N3O3/c1-11(2)19(13(4)21)10-9-16(22)18-15-7-5-14(6-8-15)17-12(3)20/h5-8,11H,9-10H2,1-4H3,(H,17,20)(H,18,22). The summed E-state index contributed by atoms with van der Waals surface area (Å²) in [4.78, 5) is 35.9. The van der Waals surface area contributed by atoms with Crippen LogP contribution in [0.15, 0.2) is 24.3 Å². The average molecular weight is 305 g/mol. The van der Waals surface area contributed by atoms with E-state index in [4.69, 9.17) is 0 Å². The van der Waals surface area contributed by atoms with Crippen molar-refractivity contribution < 1.29 is 14.4 Å². The maximum absolute atomic E-state index is 11.9. The van der Waals surface area contributed by atoms with Crippen LogP contribution >= 0.6 is 0 Å². The predicted molar refractivity (Wildman–Crippen MR) is 86.5 cm³/mol. The summed E-state index contributed by atoms with van der Waals surface area (Å²) in [7, 11) is 0. The summed E-state index contributed by atoms with van der Waals surface area (Å²) in [5.74, 6) is -0.337. The van der Waals surface area contributed by atoms with Gasteiger partial charge in [-0.1, -0.05) is 0 Å². The number of nitrogens with zero attached hydrogens (tertiary/aromatic N) is 1. The van der Waals surface area contributed by atoms with E-state index in [0.717, 1.165) is 0 Å². The fourth-order valence-electron chi connectivity index (χ4n) is 2.06. The first-order chi connectivity index (χ1) is 10.3. The molecule has 120 valence electrons. The van der Waals surface area contributed by atoms with Gasteiger partial charge in [-0.25, -0.2) is 0 Å². The van der Waals surface area contributed by atoms with Gasteiger partial charge in [-0.05, 0) is 38.1 Å². The highest BCUT2D eigenvalue weighted by atomic mass is 16.2. The molecule has 0 saturated carbocycles. The van der Waals surface area contributed by atoms with Crippen LogP contribution in [0.2, 0.25) is 0 Å². The number of anilines is 2. The first-order valence-corrected chi connectivity index (χ1v) is 7.24. The summed E-state index contributed by atoms with van der Waals surface area (Å²) >= 11 is 0. The number of carbonyl (C=O) groups excluding carboxylic acids is 3. The van der Waals surface area contributed by atoms with Crippen molar-refractivity contribution in [3.63, 3.8) is 0 Å². The first-order valence-electron chi connectivity index (χ1n) is 7.24. The summed E-state index contributed by atoms with van der Waals surface area (Å²) < 4.78 is 0. The molecule has 0 unspecified atom stereocenters. The minimum absolute atomic E-state index is 0.0394. The monoisotopic (exact) mass is 305 g/mol. The van der Waals surface area contributed by atoms with E-state index in [1.807, 2.05) is 13.8 Å². The lowest BCUT2D eigenvalue weighted by molar-refractivity contribution is -0.131. The van der Waals surface area contributed by atoms with Crippen molar-refractivity contribution >= 4 is 29.1 Å². The third-order valence-electron chi connectivity index (χ3n) is 3.10. The van der Waals surface area contributed by atoms with E-state index in [9.17, 15) is 14.4 Å². The Kier molecular flexibility index (Phi) is 6.56. The van der Waals surface area contributed by atoms with Gasteiger partial charge in [-0.15, -0.1) is 0 Å². The number of carbonyl (C=O) groups is 3. The fourth-order valence-corrected chi connectivity index (χ4v) is 2.06. The molecule has 2 N–H and O–H groups in total. The summed E-state index contributed by atoms with van der Waals surface area (Å²) in [6, 6.07) is 6.94. The average Bonchev–Trinajstić information content (AvgIpc) is 2.39. The highest BCUT2D eigenvalue weighted by molar-refractivity contribution is 5.92. The van der Waals surface area contributed by atoms with Crippen molar-refractivity contribution in [3.8, 4) is 0 Å². The summed E-state index contributed by atoms with van der Waals surface area (Å²) in [6.45, 7) is 7.16.